The fraction of sp³-hybridized carbons (Fsp3) is 0.769. The molecule has 0 saturated carbocycles. The lowest BCUT2D eigenvalue weighted by Gasteiger charge is -2.15. The second kappa shape index (κ2) is 6.33. The van der Waals surface area contributed by atoms with Crippen LogP contribution < -0.4 is 5.32 Å². The van der Waals surface area contributed by atoms with Gasteiger partial charge in [-0.3, -0.25) is 4.90 Å². The number of halogens is 1. The number of rotatable bonds is 3. The molecule has 2 rings (SSSR count). The predicted molar refractivity (Wildman–Crippen MR) is 80.8 cm³/mol. The highest BCUT2D eigenvalue weighted by molar-refractivity contribution is 7.11. The summed E-state index contributed by atoms with van der Waals surface area (Å²) in [5, 5.41) is 4.61. The van der Waals surface area contributed by atoms with E-state index >= 15 is 0 Å². The van der Waals surface area contributed by atoms with Crippen LogP contribution in [-0.2, 0) is 12.0 Å². The van der Waals surface area contributed by atoms with Crippen molar-refractivity contribution in [1.82, 2.24) is 15.2 Å². The molecule has 0 aromatic carbocycles. The SMILES string of the molecule is CNC1CCN(Cc2ncc(C(C)(C)C)s2)C1.Cl. The molecule has 5 heteroatoms. The lowest BCUT2D eigenvalue weighted by molar-refractivity contribution is 0.322. The monoisotopic (exact) mass is 289 g/mol. The first kappa shape index (κ1) is 15.9. The molecular weight excluding hydrogens is 266 g/mol. The molecule has 1 atom stereocenters. The molecule has 18 heavy (non-hydrogen) atoms. The molecule has 1 aromatic heterocycles. The molecule has 1 fully saturated rings. The fourth-order valence-electron chi connectivity index (χ4n) is 2.13. The van der Waals surface area contributed by atoms with Crippen molar-refractivity contribution in [2.24, 2.45) is 0 Å². The van der Waals surface area contributed by atoms with Crippen LogP contribution in [-0.4, -0.2) is 36.1 Å². The zero-order valence-electron chi connectivity index (χ0n) is 11.7. The molecule has 2 heterocycles. The maximum atomic E-state index is 4.55. The summed E-state index contributed by atoms with van der Waals surface area (Å²) >= 11 is 1.86. The van der Waals surface area contributed by atoms with E-state index in [1.54, 1.807) is 0 Å². The number of nitrogens with one attached hydrogen (secondary N) is 1. The van der Waals surface area contributed by atoms with Crippen molar-refractivity contribution in [3.05, 3.63) is 16.1 Å². The Labute approximate surface area is 120 Å². The highest BCUT2D eigenvalue weighted by atomic mass is 35.5. The van der Waals surface area contributed by atoms with Gasteiger partial charge in [0.15, 0.2) is 0 Å². The summed E-state index contributed by atoms with van der Waals surface area (Å²) in [6.07, 6.45) is 3.31. The van der Waals surface area contributed by atoms with Crippen molar-refractivity contribution >= 4 is 23.7 Å². The minimum Gasteiger partial charge on any atom is -0.316 e. The molecule has 1 saturated heterocycles. The Bertz CT molecular complexity index is 373. The third-order valence-corrected chi connectivity index (χ3v) is 4.74. The second-order valence-electron chi connectivity index (χ2n) is 5.88. The van der Waals surface area contributed by atoms with Gasteiger partial charge in [-0.05, 0) is 18.9 Å². The van der Waals surface area contributed by atoms with E-state index in [9.17, 15) is 0 Å². The van der Waals surface area contributed by atoms with Crippen LogP contribution >= 0.6 is 23.7 Å². The maximum absolute atomic E-state index is 4.55. The molecule has 0 aliphatic carbocycles. The number of hydrogen-bond donors (Lipinski definition) is 1. The van der Waals surface area contributed by atoms with Gasteiger partial charge in [-0.2, -0.15) is 0 Å². The molecule has 1 aliphatic heterocycles. The topological polar surface area (TPSA) is 28.2 Å². The Balaban J connectivity index is 0.00000162. The fourth-order valence-corrected chi connectivity index (χ4v) is 3.15. The first-order valence-electron chi connectivity index (χ1n) is 6.34. The lowest BCUT2D eigenvalue weighted by atomic mass is 9.96. The third-order valence-electron chi connectivity index (χ3n) is 3.33. The Kier molecular flexibility index (Phi) is 5.59. The number of likely N-dealkylation sites (N-methyl/N-ethyl adjacent to an activating group) is 1. The molecule has 104 valence electrons. The highest BCUT2D eigenvalue weighted by Gasteiger charge is 2.23. The van der Waals surface area contributed by atoms with Crippen LogP contribution in [0.15, 0.2) is 6.20 Å². The Morgan fingerprint density at radius 3 is 2.72 bits per heavy atom. The number of likely N-dealkylation sites (tertiary alicyclic amines) is 1. The first-order valence-corrected chi connectivity index (χ1v) is 7.15. The molecule has 0 spiro atoms. The van der Waals surface area contributed by atoms with Crippen LogP contribution in [0.3, 0.4) is 0 Å². The van der Waals surface area contributed by atoms with Gasteiger partial charge < -0.3 is 5.32 Å². The largest absolute Gasteiger partial charge is 0.316 e. The van der Waals surface area contributed by atoms with E-state index in [4.69, 9.17) is 0 Å². The van der Waals surface area contributed by atoms with Crippen LogP contribution in [0.5, 0.6) is 0 Å². The van der Waals surface area contributed by atoms with E-state index in [1.807, 2.05) is 17.5 Å². The number of aromatic nitrogens is 1. The van der Waals surface area contributed by atoms with Crippen LogP contribution in [0, 0.1) is 0 Å². The normalized spacial score (nSPS) is 21.0. The highest BCUT2D eigenvalue weighted by Crippen LogP contribution is 2.28. The number of hydrogen-bond acceptors (Lipinski definition) is 4. The Morgan fingerprint density at radius 1 is 1.50 bits per heavy atom. The summed E-state index contributed by atoms with van der Waals surface area (Å²) in [4.78, 5) is 8.43. The molecule has 3 nitrogen and oxygen atoms in total. The van der Waals surface area contributed by atoms with Gasteiger partial charge in [-0.1, -0.05) is 20.8 Å². The van der Waals surface area contributed by atoms with E-state index in [0.29, 0.717) is 6.04 Å². The smallest absolute Gasteiger partial charge is 0.107 e. The van der Waals surface area contributed by atoms with Gasteiger partial charge in [-0.15, -0.1) is 23.7 Å². The molecular formula is C13H24ClN3S. The minimum atomic E-state index is 0. The van der Waals surface area contributed by atoms with E-state index in [-0.39, 0.29) is 17.8 Å². The number of nitrogens with zero attached hydrogens (tertiary/aromatic N) is 2. The summed E-state index contributed by atoms with van der Waals surface area (Å²) in [5.41, 5.74) is 0.231. The van der Waals surface area contributed by atoms with Gasteiger partial charge in [-0.25, -0.2) is 4.98 Å². The third kappa shape index (κ3) is 3.92. The van der Waals surface area contributed by atoms with Gasteiger partial charge in [0.25, 0.3) is 0 Å². The van der Waals surface area contributed by atoms with Crippen molar-refractivity contribution in [2.75, 3.05) is 20.1 Å². The molecule has 0 amide bonds. The van der Waals surface area contributed by atoms with Gasteiger partial charge in [0, 0.05) is 30.2 Å². The van der Waals surface area contributed by atoms with Crippen molar-refractivity contribution in [3.8, 4) is 0 Å². The molecule has 0 bridgehead atoms. The molecule has 1 aromatic rings. The van der Waals surface area contributed by atoms with Gasteiger partial charge in [0.2, 0.25) is 0 Å². The van der Waals surface area contributed by atoms with Gasteiger partial charge in [0.1, 0.15) is 5.01 Å². The molecule has 1 N–H and O–H groups in total. The number of thiazole rings is 1. The van der Waals surface area contributed by atoms with Crippen LogP contribution in [0.2, 0.25) is 0 Å². The molecule has 0 radical (unpaired) electrons. The van der Waals surface area contributed by atoms with Crippen LogP contribution in [0.4, 0.5) is 0 Å². The Hall–Kier alpha value is -0.160. The van der Waals surface area contributed by atoms with Crippen LogP contribution in [0.1, 0.15) is 37.1 Å². The van der Waals surface area contributed by atoms with E-state index < -0.39 is 0 Å². The van der Waals surface area contributed by atoms with Crippen LogP contribution in [0.25, 0.3) is 0 Å². The Morgan fingerprint density at radius 2 is 2.22 bits per heavy atom. The predicted octanol–water partition coefficient (Wildman–Crippen LogP) is 2.66. The average Bonchev–Trinajstić information content (AvgIpc) is 2.86. The van der Waals surface area contributed by atoms with Crippen molar-refractivity contribution < 1.29 is 0 Å². The summed E-state index contributed by atoms with van der Waals surface area (Å²) in [7, 11) is 2.05. The zero-order chi connectivity index (χ0) is 12.5. The van der Waals surface area contributed by atoms with Gasteiger partial charge >= 0.3 is 0 Å². The minimum absolute atomic E-state index is 0. The van der Waals surface area contributed by atoms with E-state index in [2.05, 4.69) is 43.0 Å². The molecule has 1 unspecified atom stereocenters. The summed E-state index contributed by atoms with van der Waals surface area (Å²) < 4.78 is 0. The van der Waals surface area contributed by atoms with Crippen molar-refractivity contribution in [1.29, 1.82) is 0 Å². The average molecular weight is 290 g/mol. The maximum Gasteiger partial charge on any atom is 0.107 e. The lowest BCUT2D eigenvalue weighted by Crippen LogP contribution is -2.29. The molecule has 1 aliphatic rings. The quantitative estimate of drug-likeness (QED) is 0.927. The summed E-state index contributed by atoms with van der Waals surface area (Å²) in [5.74, 6) is 0. The van der Waals surface area contributed by atoms with Gasteiger partial charge in [0.05, 0.1) is 6.54 Å². The standard InChI is InChI=1S/C13H23N3S.ClH/c1-13(2,3)11-7-15-12(17-11)9-16-6-5-10(8-16)14-4;/h7,10,14H,5-6,8-9H2,1-4H3;1H. The first-order chi connectivity index (χ1) is 7.99. The van der Waals surface area contributed by atoms with Crippen molar-refractivity contribution in [2.45, 2.75) is 45.2 Å². The zero-order valence-corrected chi connectivity index (χ0v) is 13.3. The summed E-state index contributed by atoms with van der Waals surface area (Å²) in [6, 6.07) is 0.664. The van der Waals surface area contributed by atoms with E-state index in [1.165, 1.54) is 22.9 Å². The summed E-state index contributed by atoms with van der Waals surface area (Å²) in [6.45, 7) is 10.1. The second-order valence-corrected chi connectivity index (χ2v) is 6.99. The van der Waals surface area contributed by atoms with Crippen molar-refractivity contribution in [3.63, 3.8) is 0 Å². The van der Waals surface area contributed by atoms with E-state index in [0.717, 1.165) is 13.1 Å².